The highest BCUT2D eigenvalue weighted by molar-refractivity contribution is 7.98. The summed E-state index contributed by atoms with van der Waals surface area (Å²) < 4.78 is 13.3. The Bertz CT molecular complexity index is 428. The van der Waals surface area contributed by atoms with E-state index in [0.717, 1.165) is 17.7 Å². The zero-order valence-electron chi connectivity index (χ0n) is 11.1. The molecule has 1 rings (SSSR count). The molecule has 4 heteroatoms. The summed E-state index contributed by atoms with van der Waals surface area (Å²) in [7, 11) is 2.04. The summed E-state index contributed by atoms with van der Waals surface area (Å²) in [6.07, 6.45) is 3.16. The maximum absolute atomic E-state index is 13.3. The van der Waals surface area contributed by atoms with Crippen LogP contribution in [0.4, 0.5) is 4.39 Å². The van der Waals surface area contributed by atoms with E-state index in [9.17, 15) is 4.39 Å². The summed E-state index contributed by atoms with van der Waals surface area (Å²) in [6, 6.07) is 6.99. The fourth-order valence-corrected chi connectivity index (χ4v) is 2.85. The third-order valence-electron chi connectivity index (χ3n) is 2.97. The van der Waals surface area contributed by atoms with Crippen molar-refractivity contribution in [1.29, 1.82) is 5.26 Å². The van der Waals surface area contributed by atoms with Crippen molar-refractivity contribution < 1.29 is 4.39 Å². The zero-order valence-corrected chi connectivity index (χ0v) is 11.9. The van der Waals surface area contributed by atoms with Crippen molar-refractivity contribution in [3.05, 3.63) is 35.1 Å². The molecule has 0 bridgehead atoms. The standard InChI is InChI=1S/C14H19FN2S/c1-4-14(10-18-3)17(2)9-12-5-11(8-16)6-13(15)7-12/h5-7,14H,4,9-10H2,1-3H3. The van der Waals surface area contributed by atoms with E-state index >= 15 is 0 Å². The molecule has 1 atom stereocenters. The van der Waals surface area contributed by atoms with Crippen molar-refractivity contribution in [3.8, 4) is 6.07 Å². The Morgan fingerprint density at radius 1 is 1.44 bits per heavy atom. The van der Waals surface area contributed by atoms with E-state index in [1.54, 1.807) is 6.07 Å². The van der Waals surface area contributed by atoms with Gasteiger partial charge in [0.2, 0.25) is 0 Å². The lowest BCUT2D eigenvalue weighted by atomic mass is 10.1. The molecule has 0 aliphatic carbocycles. The molecular weight excluding hydrogens is 247 g/mol. The van der Waals surface area contributed by atoms with E-state index < -0.39 is 0 Å². The Labute approximate surface area is 113 Å². The second-order valence-electron chi connectivity index (χ2n) is 4.39. The highest BCUT2D eigenvalue weighted by Gasteiger charge is 2.13. The first kappa shape index (κ1) is 15.0. The maximum Gasteiger partial charge on any atom is 0.124 e. The number of hydrogen-bond acceptors (Lipinski definition) is 3. The van der Waals surface area contributed by atoms with Gasteiger partial charge in [-0.15, -0.1) is 0 Å². The first-order chi connectivity index (χ1) is 8.60. The summed E-state index contributed by atoms with van der Waals surface area (Å²) in [5.74, 6) is 0.725. The molecule has 98 valence electrons. The lowest BCUT2D eigenvalue weighted by Crippen LogP contribution is -2.32. The van der Waals surface area contributed by atoms with Crippen LogP contribution in [-0.4, -0.2) is 30.0 Å². The van der Waals surface area contributed by atoms with Gasteiger partial charge in [0.15, 0.2) is 0 Å². The Hall–Kier alpha value is -1.05. The molecule has 0 amide bonds. The molecule has 1 unspecified atom stereocenters. The average molecular weight is 266 g/mol. The van der Waals surface area contributed by atoms with Gasteiger partial charge in [0.05, 0.1) is 11.6 Å². The van der Waals surface area contributed by atoms with Gasteiger partial charge in [0.1, 0.15) is 5.82 Å². The molecule has 0 aliphatic heterocycles. The van der Waals surface area contributed by atoms with Crippen molar-refractivity contribution in [1.82, 2.24) is 4.90 Å². The fourth-order valence-electron chi connectivity index (χ4n) is 1.97. The molecule has 18 heavy (non-hydrogen) atoms. The van der Waals surface area contributed by atoms with Crippen LogP contribution in [0, 0.1) is 17.1 Å². The average Bonchev–Trinajstić information content (AvgIpc) is 2.34. The lowest BCUT2D eigenvalue weighted by Gasteiger charge is -2.26. The van der Waals surface area contributed by atoms with Gasteiger partial charge in [-0.05, 0) is 43.5 Å². The normalized spacial score (nSPS) is 12.4. The SMILES string of the molecule is CCC(CSC)N(C)Cc1cc(F)cc(C#N)c1. The van der Waals surface area contributed by atoms with Gasteiger partial charge >= 0.3 is 0 Å². The minimum Gasteiger partial charge on any atom is -0.298 e. The summed E-state index contributed by atoms with van der Waals surface area (Å²) in [6.45, 7) is 2.83. The molecule has 0 aliphatic rings. The van der Waals surface area contributed by atoms with Crippen molar-refractivity contribution in [2.75, 3.05) is 19.1 Å². The predicted octanol–water partition coefficient (Wildman–Crippen LogP) is 3.27. The van der Waals surface area contributed by atoms with E-state index in [1.807, 2.05) is 24.9 Å². The van der Waals surface area contributed by atoms with E-state index in [0.29, 0.717) is 18.2 Å². The minimum absolute atomic E-state index is 0.338. The van der Waals surface area contributed by atoms with Crippen LogP contribution in [0.3, 0.4) is 0 Å². The van der Waals surface area contributed by atoms with Crippen LogP contribution in [0.15, 0.2) is 18.2 Å². The van der Waals surface area contributed by atoms with Crippen LogP contribution in [0.2, 0.25) is 0 Å². The first-order valence-corrected chi connectivity index (χ1v) is 7.38. The molecular formula is C14H19FN2S. The number of rotatable bonds is 6. The Kier molecular flexibility index (Phi) is 6.17. The zero-order chi connectivity index (χ0) is 13.5. The van der Waals surface area contributed by atoms with Gasteiger partial charge < -0.3 is 0 Å². The summed E-state index contributed by atoms with van der Waals surface area (Å²) in [5.41, 5.74) is 1.24. The number of nitriles is 1. The number of nitrogens with zero attached hydrogens (tertiary/aromatic N) is 2. The maximum atomic E-state index is 13.3. The Morgan fingerprint density at radius 3 is 2.72 bits per heavy atom. The topological polar surface area (TPSA) is 27.0 Å². The first-order valence-electron chi connectivity index (χ1n) is 5.99. The lowest BCUT2D eigenvalue weighted by molar-refractivity contribution is 0.247. The van der Waals surface area contributed by atoms with Crippen LogP contribution < -0.4 is 0 Å². The summed E-state index contributed by atoms with van der Waals surface area (Å²) in [4.78, 5) is 2.21. The van der Waals surface area contributed by atoms with E-state index in [4.69, 9.17) is 5.26 Å². The third-order valence-corrected chi connectivity index (χ3v) is 3.69. The van der Waals surface area contributed by atoms with Crippen LogP contribution in [0.5, 0.6) is 0 Å². The molecule has 0 saturated heterocycles. The monoisotopic (exact) mass is 266 g/mol. The van der Waals surface area contributed by atoms with E-state index in [-0.39, 0.29) is 5.82 Å². The third kappa shape index (κ3) is 4.32. The van der Waals surface area contributed by atoms with Crippen LogP contribution in [-0.2, 0) is 6.54 Å². The van der Waals surface area contributed by atoms with Crippen LogP contribution in [0.1, 0.15) is 24.5 Å². The molecule has 0 fully saturated rings. The van der Waals surface area contributed by atoms with Gasteiger partial charge in [0, 0.05) is 18.3 Å². The predicted molar refractivity (Wildman–Crippen MR) is 75.0 cm³/mol. The van der Waals surface area contributed by atoms with Gasteiger partial charge in [-0.3, -0.25) is 4.90 Å². The van der Waals surface area contributed by atoms with Crippen molar-refractivity contribution in [3.63, 3.8) is 0 Å². The molecule has 0 heterocycles. The molecule has 0 radical (unpaired) electrons. The number of benzene rings is 1. The minimum atomic E-state index is -0.338. The molecule has 0 N–H and O–H groups in total. The van der Waals surface area contributed by atoms with Gasteiger partial charge in [-0.2, -0.15) is 17.0 Å². The summed E-state index contributed by atoms with van der Waals surface area (Å²) in [5, 5.41) is 8.83. The van der Waals surface area contributed by atoms with E-state index in [1.165, 1.54) is 12.1 Å². The molecule has 0 spiro atoms. The van der Waals surface area contributed by atoms with Crippen LogP contribution in [0.25, 0.3) is 0 Å². The molecule has 0 saturated carbocycles. The molecule has 1 aromatic rings. The second-order valence-corrected chi connectivity index (χ2v) is 5.30. The fraction of sp³-hybridized carbons (Fsp3) is 0.500. The molecule has 2 nitrogen and oxygen atoms in total. The van der Waals surface area contributed by atoms with Crippen molar-refractivity contribution >= 4 is 11.8 Å². The highest BCUT2D eigenvalue weighted by atomic mass is 32.2. The van der Waals surface area contributed by atoms with E-state index in [2.05, 4.69) is 18.1 Å². The van der Waals surface area contributed by atoms with Crippen molar-refractivity contribution in [2.24, 2.45) is 0 Å². The van der Waals surface area contributed by atoms with Gasteiger partial charge in [0.25, 0.3) is 0 Å². The van der Waals surface area contributed by atoms with Crippen molar-refractivity contribution in [2.45, 2.75) is 25.9 Å². The molecule has 0 aromatic heterocycles. The largest absolute Gasteiger partial charge is 0.298 e. The molecule has 1 aromatic carbocycles. The Balaban J connectivity index is 2.77. The van der Waals surface area contributed by atoms with Crippen LogP contribution >= 0.6 is 11.8 Å². The number of halogens is 1. The Morgan fingerprint density at radius 2 is 2.17 bits per heavy atom. The quantitative estimate of drug-likeness (QED) is 0.790. The summed E-state index contributed by atoms with van der Waals surface area (Å²) >= 11 is 1.82. The second kappa shape index (κ2) is 7.40. The number of thioether (sulfide) groups is 1. The number of hydrogen-bond donors (Lipinski definition) is 0. The van der Waals surface area contributed by atoms with Gasteiger partial charge in [-0.25, -0.2) is 4.39 Å². The highest BCUT2D eigenvalue weighted by Crippen LogP contribution is 2.14. The van der Waals surface area contributed by atoms with Gasteiger partial charge in [-0.1, -0.05) is 6.92 Å². The smallest absolute Gasteiger partial charge is 0.124 e.